The molecule has 1 atom stereocenters. The van der Waals surface area contributed by atoms with Crippen LogP contribution in [0.25, 0.3) is 0 Å². The van der Waals surface area contributed by atoms with Gasteiger partial charge in [-0.2, -0.15) is 0 Å². The standard InChI is InChI=1S/C22H23F2NO5S/c1-22(23,24)13-6-5-7-15(10-13)31-19-9-8-16(30-19)21(26)25-20-17(28-3)11-14(27-2)12-18(20)29-4/h5-12,21,25-26H,1-4H3. The Morgan fingerprint density at radius 2 is 1.68 bits per heavy atom. The summed E-state index contributed by atoms with van der Waals surface area (Å²) in [4.78, 5) is 0.598. The molecule has 1 unspecified atom stereocenters. The van der Waals surface area contributed by atoms with Crippen molar-refractivity contribution < 1.29 is 32.5 Å². The number of aliphatic hydroxyl groups excluding tert-OH is 1. The van der Waals surface area contributed by atoms with Crippen molar-refractivity contribution in [2.45, 2.75) is 29.1 Å². The Labute approximate surface area is 183 Å². The molecule has 6 nitrogen and oxygen atoms in total. The Morgan fingerprint density at radius 3 is 2.26 bits per heavy atom. The van der Waals surface area contributed by atoms with Crippen LogP contribution in [-0.4, -0.2) is 26.4 Å². The van der Waals surface area contributed by atoms with E-state index in [0.717, 1.165) is 6.92 Å². The Hall–Kier alpha value is -2.91. The first-order chi connectivity index (χ1) is 14.7. The lowest BCUT2D eigenvalue weighted by molar-refractivity contribution is 0.0172. The van der Waals surface area contributed by atoms with Crippen molar-refractivity contribution in [3.8, 4) is 17.2 Å². The molecule has 0 saturated heterocycles. The van der Waals surface area contributed by atoms with E-state index in [0.29, 0.717) is 32.9 Å². The molecule has 0 aliphatic heterocycles. The zero-order valence-corrected chi connectivity index (χ0v) is 18.3. The lowest BCUT2D eigenvalue weighted by Crippen LogP contribution is -2.11. The number of methoxy groups -OCH3 is 3. The van der Waals surface area contributed by atoms with E-state index >= 15 is 0 Å². The SMILES string of the molecule is COc1cc(OC)c(NC(O)c2ccc(Sc3cccc(C(C)(F)F)c3)o2)c(OC)c1. The molecule has 2 aromatic carbocycles. The zero-order valence-electron chi connectivity index (χ0n) is 17.4. The molecule has 0 spiro atoms. The molecule has 0 aliphatic rings. The Kier molecular flexibility index (Phi) is 6.97. The molecule has 2 N–H and O–H groups in total. The van der Waals surface area contributed by atoms with Crippen molar-refractivity contribution >= 4 is 17.4 Å². The maximum absolute atomic E-state index is 13.6. The maximum atomic E-state index is 13.6. The summed E-state index contributed by atoms with van der Waals surface area (Å²) in [6.45, 7) is 0.853. The third kappa shape index (κ3) is 5.42. The number of ether oxygens (including phenoxy) is 3. The van der Waals surface area contributed by atoms with Crippen LogP contribution in [0, 0.1) is 0 Å². The van der Waals surface area contributed by atoms with Crippen LogP contribution in [0.5, 0.6) is 17.2 Å². The molecule has 0 fully saturated rings. The van der Waals surface area contributed by atoms with Crippen molar-refractivity contribution in [3.05, 3.63) is 59.9 Å². The van der Waals surface area contributed by atoms with E-state index in [1.54, 1.807) is 36.4 Å². The van der Waals surface area contributed by atoms with Gasteiger partial charge in [0, 0.05) is 29.5 Å². The van der Waals surface area contributed by atoms with Crippen LogP contribution in [0.4, 0.5) is 14.5 Å². The van der Waals surface area contributed by atoms with E-state index in [-0.39, 0.29) is 11.3 Å². The number of halogens is 2. The normalized spacial score (nSPS) is 12.4. The predicted octanol–water partition coefficient (Wildman–Crippen LogP) is 5.67. The highest BCUT2D eigenvalue weighted by molar-refractivity contribution is 7.99. The zero-order chi connectivity index (χ0) is 22.6. The fourth-order valence-electron chi connectivity index (χ4n) is 2.84. The van der Waals surface area contributed by atoms with Crippen molar-refractivity contribution in [1.29, 1.82) is 0 Å². The van der Waals surface area contributed by atoms with Crippen LogP contribution in [0.3, 0.4) is 0 Å². The summed E-state index contributed by atoms with van der Waals surface area (Å²) in [5.41, 5.74) is 0.339. The average Bonchev–Trinajstić information content (AvgIpc) is 3.21. The highest BCUT2D eigenvalue weighted by Gasteiger charge is 2.24. The summed E-state index contributed by atoms with van der Waals surface area (Å²) >= 11 is 1.18. The third-order valence-electron chi connectivity index (χ3n) is 4.43. The number of rotatable bonds is 9. The van der Waals surface area contributed by atoms with Gasteiger partial charge in [0.1, 0.15) is 22.9 Å². The highest BCUT2D eigenvalue weighted by atomic mass is 32.2. The molecule has 1 aromatic heterocycles. The quantitative estimate of drug-likeness (QED) is 0.406. The first-order valence-electron chi connectivity index (χ1n) is 9.25. The fourth-order valence-corrected chi connectivity index (χ4v) is 3.68. The minimum absolute atomic E-state index is 0.0790. The second-order valence-corrected chi connectivity index (χ2v) is 7.71. The van der Waals surface area contributed by atoms with E-state index in [1.165, 1.54) is 45.2 Å². The molecular weight excluding hydrogens is 428 g/mol. The van der Waals surface area contributed by atoms with E-state index < -0.39 is 12.2 Å². The molecule has 166 valence electrons. The average molecular weight is 451 g/mol. The number of hydrogen-bond donors (Lipinski definition) is 2. The van der Waals surface area contributed by atoms with Crippen molar-refractivity contribution in [1.82, 2.24) is 0 Å². The number of aliphatic hydroxyl groups is 1. The minimum atomic E-state index is -2.93. The van der Waals surface area contributed by atoms with Gasteiger partial charge in [-0.3, -0.25) is 0 Å². The van der Waals surface area contributed by atoms with Crippen molar-refractivity contribution in [2.75, 3.05) is 26.6 Å². The minimum Gasteiger partial charge on any atom is -0.496 e. The van der Waals surface area contributed by atoms with Gasteiger partial charge in [0.15, 0.2) is 17.1 Å². The second-order valence-electron chi connectivity index (χ2n) is 6.63. The van der Waals surface area contributed by atoms with Crippen LogP contribution in [-0.2, 0) is 5.92 Å². The lowest BCUT2D eigenvalue weighted by atomic mass is 10.1. The van der Waals surface area contributed by atoms with Gasteiger partial charge in [-0.1, -0.05) is 23.9 Å². The summed E-state index contributed by atoms with van der Waals surface area (Å²) in [6, 6.07) is 12.6. The molecule has 0 aliphatic carbocycles. The molecule has 0 bridgehead atoms. The summed E-state index contributed by atoms with van der Waals surface area (Å²) in [6.07, 6.45) is -1.21. The second kappa shape index (κ2) is 9.49. The number of alkyl halides is 2. The fraction of sp³-hybridized carbons (Fsp3) is 0.273. The molecule has 0 amide bonds. The molecule has 0 saturated carbocycles. The number of hydrogen-bond acceptors (Lipinski definition) is 7. The highest BCUT2D eigenvalue weighted by Crippen LogP contribution is 2.41. The monoisotopic (exact) mass is 451 g/mol. The summed E-state index contributed by atoms with van der Waals surface area (Å²) in [5, 5.41) is 14.0. The van der Waals surface area contributed by atoms with Gasteiger partial charge in [-0.05, 0) is 24.3 Å². The van der Waals surface area contributed by atoms with Gasteiger partial charge in [0.05, 0.1) is 21.3 Å². The third-order valence-corrected chi connectivity index (χ3v) is 5.34. The van der Waals surface area contributed by atoms with E-state index in [2.05, 4.69) is 5.32 Å². The largest absolute Gasteiger partial charge is 0.496 e. The number of nitrogens with one attached hydrogen (secondary N) is 1. The van der Waals surface area contributed by atoms with Crippen LogP contribution in [0.15, 0.2) is 62.9 Å². The topological polar surface area (TPSA) is 73.1 Å². The first kappa shape index (κ1) is 22.8. The van der Waals surface area contributed by atoms with Crippen molar-refractivity contribution in [2.24, 2.45) is 0 Å². The number of benzene rings is 2. The van der Waals surface area contributed by atoms with Crippen LogP contribution in [0.1, 0.15) is 24.5 Å². The lowest BCUT2D eigenvalue weighted by Gasteiger charge is -2.19. The first-order valence-corrected chi connectivity index (χ1v) is 10.1. The Bertz CT molecular complexity index is 1010. The summed E-state index contributed by atoms with van der Waals surface area (Å²) in [5.74, 6) is -1.34. The molecule has 3 aromatic rings. The Balaban J connectivity index is 1.78. The van der Waals surface area contributed by atoms with Gasteiger partial charge in [0.25, 0.3) is 5.92 Å². The van der Waals surface area contributed by atoms with Gasteiger partial charge in [-0.25, -0.2) is 8.78 Å². The molecular formula is C22H23F2NO5S. The smallest absolute Gasteiger partial charge is 0.270 e. The molecule has 3 rings (SSSR count). The molecule has 1 heterocycles. The van der Waals surface area contributed by atoms with Crippen molar-refractivity contribution in [3.63, 3.8) is 0 Å². The summed E-state index contributed by atoms with van der Waals surface area (Å²) < 4.78 is 48.7. The number of anilines is 1. The van der Waals surface area contributed by atoms with Crippen LogP contribution >= 0.6 is 11.8 Å². The van der Waals surface area contributed by atoms with Gasteiger partial charge in [0.2, 0.25) is 0 Å². The molecule has 31 heavy (non-hydrogen) atoms. The van der Waals surface area contributed by atoms with E-state index in [4.69, 9.17) is 18.6 Å². The summed E-state index contributed by atoms with van der Waals surface area (Å²) in [7, 11) is 4.50. The van der Waals surface area contributed by atoms with Gasteiger partial charge in [-0.15, -0.1) is 0 Å². The van der Waals surface area contributed by atoms with E-state index in [1.807, 2.05) is 0 Å². The van der Waals surface area contributed by atoms with E-state index in [9.17, 15) is 13.9 Å². The molecule has 0 radical (unpaired) electrons. The molecule has 9 heteroatoms. The van der Waals surface area contributed by atoms with Gasteiger partial charge < -0.3 is 29.1 Å². The number of furan rings is 1. The van der Waals surface area contributed by atoms with Crippen LogP contribution < -0.4 is 19.5 Å². The van der Waals surface area contributed by atoms with Gasteiger partial charge >= 0.3 is 0 Å². The Morgan fingerprint density at radius 1 is 1.00 bits per heavy atom. The van der Waals surface area contributed by atoms with Crippen LogP contribution in [0.2, 0.25) is 0 Å². The maximum Gasteiger partial charge on any atom is 0.270 e. The predicted molar refractivity (Wildman–Crippen MR) is 114 cm³/mol.